The Hall–Kier alpha value is -3.35. The van der Waals surface area contributed by atoms with Gasteiger partial charge in [0.15, 0.2) is 18.1 Å². The second-order valence-electron chi connectivity index (χ2n) is 8.50. The van der Waals surface area contributed by atoms with Gasteiger partial charge >= 0.3 is 0 Å². The molecule has 1 fully saturated rings. The van der Waals surface area contributed by atoms with Gasteiger partial charge in [0.1, 0.15) is 19.0 Å². The molecular formula is C24H27N5O4. The second-order valence-corrected chi connectivity index (χ2v) is 8.50. The van der Waals surface area contributed by atoms with Crippen molar-refractivity contribution < 1.29 is 19.0 Å². The van der Waals surface area contributed by atoms with Crippen LogP contribution in [0.5, 0.6) is 17.2 Å². The normalized spacial score (nSPS) is 21.7. The number of ether oxygens (including phenoxy) is 3. The van der Waals surface area contributed by atoms with Crippen molar-refractivity contribution in [3.63, 3.8) is 0 Å². The van der Waals surface area contributed by atoms with E-state index in [9.17, 15) is 10.1 Å². The number of nitriles is 1. The second kappa shape index (κ2) is 9.65. The zero-order valence-electron chi connectivity index (χ0n) is 18.4. The number of pyridine rings is 1. The van der Waals surface area contributed by atoms with Crippen LogP contribution in [-0.2, 0) is 11.3 Å². The Bertz CT molecular complexity index is 1060. The molecule has 1 aromatic heterocycles. The highest BCUT2D eigenvalue weighted by Gasteiger charge is 2.28. The Labute approximate surface area is 192 Å². The van der Waals surface area contributed by atoms with E-state index in [0.29, 0.717) is 61.1 Å². The summed E-state index contributed by atoms with van der Waals surface area (Å²) in [6, 6.07) is 9.98. The molecule has 3 aliphatic heterocycles. The summed E-state index contributed by atoms with van der Waals surface area (Å²) >= 11 is 0. The van der Waals surface area contributed by atoms with Gasteiger partial charge in [-0.05, 0) is 37.5 Å². The van der Waals surface area contributed by atoms with Gasteiger partial charge in [-0.2, -0.15) is 5.26 Å². The maximum atomic E-state index is 12.5. The molecule has 0 bridgehead atoms. The van der Waals surface area contributed by atoms with Crippen LogP contribution in [0.2, 0.25) is 0 Å². The summed E-state index contributed by atoms with van der Waals surface area (Å²) < 4.78 is 16.7. The summed E-state index contributed by atoms with van der Waals surface area (Å²) in [6.07, 6.45) is 4.65. The Morgan fingerprint density at radius 2 is 2.03 bits per heavy atom. The molecule has 4 heterocycles. The van der Waals surface area contributed by atoms with E-state index in [1.54, 1.807) is 29.3 Å². The first-order valence-corrected chi connectivity index (χ1v) is 11.4. The fourth-order valence-corrected chi connectivity index (χ4v) is 4.47. The summed E-state index contributed by atoms with van der Waals surface area (Å²) in [7, 11) is 0. The molecule has 0 aliphatic carbocycles. The Balaban J connectivity index is 1.10. The third-order valence-corrected chi connectivity index (χ3v) is 6.31. The first kappa shape index (κ1) is 21.5. The maximum Gasteiger partial charge on any atom is 0.265 e. The molecule has 2 N–H and O–H groups in total. The molecule has 9 heteroatoms. The molecule has 172 valence electrons. The minimum Gasteiger partial charge on any atom is -0.486 e. The summed E-state index contributed by atoms with van der Waals surface area (Å²) in [5.74, 6) is 2.05. The molecule has 3 aliphatic rings. The molecule has 0 spiro atoms. The lowest BCUT2D eigenvalue weighted by Gasteiger charge is -2.34. The van der Waals surface area contributed by atoms with Crippen LogP contribution in [-0.4, -0.2) is 55.9 Å². The summed E-state index contributed by atoms with van der Waals surface area (Å²) in [6.45, 7) is 3.31. The monoisotopic (exact) mass is 449 g/mol. The summed E-state index contributed by atoms with van der Waals surface area (Å²) in [5, 5.41) is 16.4. The van der Waals surface area contributed by atoms with Crippen LogP contribution in [0.25, 0.3) is 0 Å². The van der Waals surface area contributed by atoms with E-state index in [0.717, 1.165) is 37.3 Å². The lowest BCUT2D eigenvalue weighted by atomic mass is 9.98. The molecule has 1 saturated heterocycles. The molecule has 2 atom stereocenters. The van der Waals surface area contributed by atoms with Gasteiger partial charge in [-0.3, -0.25) is 9.78 Å². The van der Waals surface area contributed by atoms with Gasteiger partial charge in [-0.15, -0.1) is 0 Å². The number of nitrogens with zero attached hydrogens (tertiary/aromatic N) is 3. The fourth-order valence-electron chi connectivity index (χ4n) is 4.47. The first-order chi connectivity index (χ1) is 16.2. The van der Waals surface area contributed by atoms with Crippen molar-refractivity contribution in [1.29, 1.82) is 5.26 Å². The number of rotatable bonds is 6. The molecule has 9 nitrogen and oxygen atoms in total. The number of hydrogen-bond acceptors (Lipinski definition) is 8. The van der Waals surface area contributed by atoms with E-state index in [1.165, 1.54) is 0 Å². The zero-order chi connectivity index (χ0) is 22.6. The quantitative estimate of drug-likeness (QED) is 0.687. The summed E-state index contributed by atoms with van der Waals surface area (Å²) in [4.78, 5) is 18.7. The Morgan fingerprint density at radius 3 is 2.85 bits per heavy atom. The molecule has 1 amide bonds. The van der Waals surface area contributed by atoms with E-state index in [-0.39, 0.29) is 12.5 Å². The number of aromatic nitrogens is 1. The lowest BCUT2D eigenvalue weighted by Crippen LogP contribution is -2.49. The highest BCUT2D eigenvalue weighted by Crippen LogP contribution is 2.33. The number of amides is 1. The van der Waals surface area contributed by atoms with Gasteiger partial charge in [-0.25, -0.2) is 0 Å². The predicted octanol–water partition coefficient (Wildman–Crippen LogP) is 1.75. The highest BCUT2D eigenvalue weighted by atomic mass is 16.6. The average Bonchev–Trinajstić information content (AvgIpc) is 2.87. The number of benzene rings is 1. The Morgan fingerprint density at radius 1 is 1.15 bits per heavy atom. The maximum absolute atomic E-state index is 12.5. The zero-order valence-corrected chi connectivity index (χ0v) is 18.4. The fraction of sp³-hybridized carbons (Fsp3) is 0.458. The van der Waals surface area contributed by atoms with Crippen LogP contribution in [0.3, 0.4) is 0 Å². The molecule has 2 aromatic rings. The van der Waals surface area contributed by atoms with Crippen molar-refractivity contribution in [3.05, 3.63) is 41.7 Å². The number of piperidine rings is 1. The van der Waals surface area contributed by atoms with Crippen molar-refractivity contribution in [2.45, 2.75) is 37.9 Å². The van der Waals surface area contributed by atoms with Gasteiger partial charge in [0.2, 0.25) is 0 Å². The molecule has 0 unspecified atom stereocenters. The van der Waals surface area contributed by atoms with Crippen molar-refractivity contribution >= 4 is 11.6 Å². The van der Waals surface area contributed by atoms with Crippen LogP contribution in [0.1, 0.15) is 30.5 Å². The van der Waals surface area contributed by atoms with Gasteiger partial charge in [-0.1, -0.05) is 0 Å². The van der Waals surface area contributed by atoms with E-state index >= 15 is 0 Å². The van der Waals surface area contributed by atoms with E-state index in [2.05, 4.69) is 21.7 Å². The standard InChI is InChI=1S/C24H27N5O4/c25-11-16-1-4-21-20(9-16)29(24(30)15-33-21)6-5-17-2-3-18(12-26-17)27-13-19-10-22-23(14-28-19)32-8-7-31-22/h1,4,9-10,14,17-18,26-27H,2-3,5-8,12-13,15H2/t17-,18+/m0/s1. The van der Waals surface area contributed by atoms with Crippen LogP contribution < -0.4 is 29.7 Å². The first-order valence-electron chi connectivity index (χ1n) is 11.4. The lowest BCUT2D eigenvalue weighted by molar-refractivity contribution is -0.121. The summed E-state index contributed by atoms with van der Waals surface area (Å²) in [5.41, 5.74) is 2.14. The molecule has 5 rings (SSSR count). The topological polar surface area (TPSA) is 109 Å². The molecule has 0 saturated carbocycles. The smallest absolute Gasteiger partial charge is 0.265 e. The number of fused-ring (bicyclic) bond motifs is 2. The van der Waals surface area contributed by atoms with Crippen molar-refractivity contribution in [1.82, 2.24) is 15.6 Å². The van der Waals surface area contributed by atoms with E-state index in [4.69, 9.17) is 14.2 Å². The molecule has 1 aromatic carbocycles. The van der Waals surface area contributed by atoms with Crippen LogP contribution in [0.4, 0.5) is 5.69 Å². The van der Waals surface area contributed by atoms with Crippen molar-refractivity contribution in [3.8, 4) is 23.3 Å². The predicted molar refractivity (Wildman–Crippen MR) is 121 cm³/mol. The van der Waals surface area contributed by atoms with Crippen LogP contribution in [0.15, 0.2) is 30.5 Å². The van der Waals surface area contributed by atoms with E-state index in [1.807, 2.05) is 6.07 Å². The number of anilines is 1. The van der Waals surface area contributed by atoms with Gasteiger partial charge in [0.25, 0.3) is 5.91 Å². The number of carbonyl (C=O) groups is 1. The highest BCUT2D eigenvalue weighted by molar-refractivity contribution is 5.98. The van der Waals surface area contributed by atoms with Crippen LogP contribution >= 0.6 is 0 Å². The molecule has 0 radical (unpaired) electrons. The molecular weight excluding hydrogens is 422 g/mol. The third kappa shape index (κ3) is 4.87. The van der Waals surface area contributed by atoms with Gasteiger partial charge < -0.3 is 29.7 Å². The number of nitrogens with one attached hydrogen (secondary N) is 2. The number of hydrogen-bond donors (Lipinski definition) is 2. The minimum absolute atomic E-state index is 0.0386. The minimum atomic E-state index is -0.0696. The van der Waals surface area contributed by atoms with Gasteiger partial charge in [0, 0.05) is 37.8 Å². The van der Waals surface area contributed by atoms with E-state index < -0.39 is 0 Å². The number of carbonyl (C=O) groups excluding carboxylic acids is 1. The largest absolute Gasteiger partial charge is 0.486 e. The van der Waals surface area contributed by atoms with Gasteiger partial charge in [0.05, 0.1) is 29.2 Å². The molecule has 33 heavy (non-hydrogen) atoms. The van der Waals surface area contributed by atoms with Crippen molar-refractivity contribution in [2.75, 3.05) is 37.8 Å². The Kier molecular flexibility index (Phi) is 6.28. The third-order valence-electron chi connectivity index (χ3n) is 6.31. The van der Waals surface area contributed by atoms with Crippen LogP contribution in [0, 0.1) is 11.3 Å². The SMILES string of the molecule is N#Cc1ccc2c(c1)N(CC[C@@H]1CC[C@@H](NCc3cc4c(cn3)OCCO4)CN1)C(=O)CO2. The average molecular weight is 450 g/mol. The van der Waals surface area contributed by atoms with Crippen molar-refractivity contribution in [2.24, 2.45) is 0 Å².